The third kappa shape index (κ3) is 5.50. The first-order chi connectivity index (χ1) is 16.5. The molecule has 1 aromatic heterocycles. The maximum atomic E-state index is 13.1. The number of rotatable bonds is 7. The van der Waals surface area contributed by atoms with Crippen LogP contribution in [0.4, 0.5) is 4.79 Å². The number of benzene rings is 3. The first kappa shape index (κ1) is 22.8. The van der Waals surface area contributed by atoms with Crippen LogP contribution in [0.3, 0.4) is 0 Å². The summed E-state index contributed by atoms with van der Waals surface area (Å²) < 4.78 is 16.1. The number of esters is 1. The topological polar surface area (TPSA) is 94.8 Å². The van der Waals surface area contributed by atoms with Crippen molar-refractivity contribution in [3.8, 4) is 5.75 Å². The molecule has 0 fully saturated rings. The largest absolute Gasteiger partial charge is 0.445 e. The van der Waals surface area contributed by atoms with Crippen LogP contribution in [0.2, 0.25) is 0 Å². The molecule has 0 aliphatic carbocycles. The average molecular weight is 457 g/mol. The van der Waals surface area contributed by atoms with Crippen LogP contribution in [0, 0.1) is 0 Å². The second-order valence-electron chi connectivity index (χ2n) is 7.57. The highest BCUT2D eigenvalue weighted by atomic mass is 16.6. The third-order valence-corrected chi connectivity index (χ3v) is 5.24. The maximum Gasteiger partial charge on any atom is 0.408 e. The van der Waals surface area contributed by atoms with Crippen LogP contribution in [0.5, 0.6) is 5.75 Å². The average Bonchev–Trinajstić information content (AvgIpc) is 2.86. The Labute approximate surface area is 195 Å². The Balaban J connectivity index is 1.53. The molecule has 0 aliphatic heterocycles. The van der Waals surface area contributed by atoms with Crippen molar-refractivity contribution in [2.75, 3.05) is 0 Å². The highest BCUT2D eigenvalue weighted by Crippen LogP contribution is 2.25. The van der Waals surface area contributed by atoms with Crippen molar-refractivity contribution < 1.29 is 23.5 Å². The van der Waals surface area contributed by atoms with E-state index < -0.39 is 23.7 Å². The van der Waals surface area contributed by atoms with Crippen LogP contribution in [0.1, 0.15) is 29.7 Å². The third-order valence-electron chi connectivity index (χ3n) is 5.24. The van der Waals surface area contributed by atoms with E-state index in [4.69, 9.17) is 13.9 Å². The van der Waals surface area contributed by atoms with Crippen LogP contribution in [-0.2, 0) is 22.6 Å². The van der Waals surface area contributed by atoms with Crippen LogP contribution in [0.15, 0.2) is 94.1 Å². The fourth-order valence-electron chi connectivity index (χ4n) is 3.55. The maximum absolute atomic E-state index is 13.1. The normalized spacial score (nSPS) is 11.6. The summed E-state index contributed by atoms with van der Waals surface area (Å²) >= 11 is 0. The number of hydrogen-bond donors (Lipinski definition) is 1. The highest BCUT2D eigenvalue weighted by Gasteiger charge is 2.26. The number of fused-ring (bicyclic) bond motifs is 1. The Morgan fingerprint density at radius 2 is 1.65 bits per heavy atom. The summed E-state index contributed by atoms with van der Waals surface area (Å²) in [6.07, 6.45) is -0.0986. The van der Waals surface area contributed by atoms with Gasteiger partial charge in [-0.25, -0.2) is 14.4 Å². The summed E-state index contributed by atoms with van der Waals surface area (Å²) in [6, 6.07) is 23.1. The van der Waals surface area contributed by atoms with Crippen LogP contribution < -0.4 is 15.7 Å². The summed E-state index contributed by atoms with van der Waals surface area (Å²) in [5.41, 5.74) is 2.04. The molecule has 0 radical (unpaired) electrons. The fourth-order valence-corrected chi connectivity index (χ4v) is 3.55. The number of nitrogens with one attached hydrogen (secondary N) is 1. The lowest BCUT2D eigenvalue weighted by Crippen LogP contribution is -2.36. The van der Waals surface area contributed by atoms with Gasteiger partial charge in [0, 0.05) is 17.5 Å². The van der Waals surface area contributed by atoms with Gasteiger partial charge in [0.1, 0.15) is 17.9 Å². The predicted molar refractivity (Wildman–Crippen MR) is 126 cm³/mol. The molecular formula is C27H23NO6. The van der Waals surface area contributed by atoms with Crippen LogP contribution >= 0.6 is 0 Å². The molecule has 0 saturated carbocycles. The van der Waals surface area contributed by atoms with Gasteiger partial charge in [0.2, 0.25) is 0 Å². The minimum atomic E-state index is -1.10. The molecule has 0 aliphatic rings. The molecule has 34 heavy (non-hydrogen) atoms. The van der Waals surface area contributed by atoms with E-state index in [1.165, 1.54) is 12.1 Å². The minimum absolute atomic E-state index is 0.0622. The Hall–Kier alpha value is -4.39. The zero-order valence-electron chi connectivity index (χ0n) is 18.5. The first-order valence-corrected chi connectivity index (χ1v) is 10.8. The van der Waals surface area contributed by atoms with E-state index in [9.17, 15) is 14.4 Å². The summed E-state index contributed by atoms with van der Waals surface area (Å²) in [5.74, 6) is -0.523. The van der Waals surface area contributed by atoms with Gasteiger partial charge < -0.3 is 19.2 Å². The molecule has 0 spiro atoms. The molecule has 4 aromatic rings. The molecule has 0 saturated heterocycles. The summed E-state index contributed by atoms with van der Waals surface area (Å²) in [4.78, 5) is 37.4. The van der Waals surface area contributed by atoms with Gasteiger partial charge in [-0.05, 0) is 35.2 Å². The van der Waals surface area contributed by atoms with Gasteiger partial charge >= 0.3 is 17.7 Å². The lowest BCUT2D eigenvalue weighted by atomic mass is 10.1. The van der Waals surface area contributed by atoms with E-state index in [1.54, 1.807) is 42.5 Å². The van der Waals surface area contributed by atoms with Crippen LogP contribution in [0.25, 0.3) is 11.0 Å². The lowest BCUT2D eigenvalue weighted by Gasteiger charge is -2.18. The van der Waals surface area contributed by atoms with E-state index in [2.05, 4.69) is 5.32 Å². The molecule has 7 nitrogen and oxygen atoms in total. The highest BCUT2D eigenvalue weighted by molar-refractivity contribution is 5.86. The second kappa shape index (κ2) is 10.5. The zero-order chi connectivity index (χ0) is 23.9. The van der Waals surface area contributed by atoms with Gasteiger partial charge in [-0.1, -0.05) is 67.6 Å². The molecular weight excluding hydrogens is 434 g/mol. The van der Waals surface area contributed by atoms with Gasteiger partial charge in [0.15, 0.2) is 6.04 Å². The molecule has 1 heterocycles. The van der Waals surface area contributed by atoms with E-state index in [0.29, 0.717) is 17.6 Å². The number of amides is 1. The molecule has 3 aromatic carbocycles. The van der Waals surface area contributed by atoms with Gasteiger partial charge in [-0.15, -0.1) is 0 Å². The monoisotopic (exact) mass is 457 g/mol. The Kier molecular flexibility index (Phi) is 7.03. The van der Waals surface area contributed by atoms with Crippen molar-refractivity contribution in [3.63, 3.8) is 0 Å². The molecule has 7 heteroatoms. The minimum Gasteiger partial charge on any atom is -0.445 e. The summed E-state index contributed by atoms with van der Waals surface area (Å²) in [7, 11) is 0. The van der Waals surface area contributed by atoms with Crippen LogP contribution in [-0.4, -0.2) is 12.1 Å². The van der Waals surface area contributed by atoms with Gasteiger partial charge in [0.25, 0.3) is 0 Å². The number of hydrogen-bond acceptors (Lipinski definition) is 6. The standard InChI is InChI=1S/C27H23NO6/c1-2-19-15-24(29)34-23-16-21(13-14-22(19)23)33-26(30)25(20-11-7-4-8-12-20)28-27(31)32-17-18-9-5-3-6-10-18/h3-16,25H,2,17H2,1H3,(H,28,31)/t25-/m1/s1. The molecule has 172 valence electrons. The van der Waals surface area contributed by atoms with Crippen molar-refractivity contribution in [1.82, 2.24) is 5.32 Å². The number of alkyl carbamates (subject to hydrolysis) is 1. The molecule has 0 unspecified atom stereocenters. The van der Waals surface area contributed by atoms with E-state index >= 15 is 0 Å². The number of carbonyl (C=O) groups excluding carboxylic acids is 2. The van der Waals surface area contributed by atoms with Crippen molar-refractivity contribution >= 4 is 23.0 Å². The summed E-state index contributed by atoms with van der Waals surface area (Å²) in [6.45, 7) is 2.00. The van der Waals surface area contributed by atoms with Crippen molar-refractivity contribution in [2.45, 2.75) is 26.0 Å². The summed E-state index contributed by atoms with van der Waals surface area (Å²) in [5, 5.41) is 3.35. The zero-order valence-corrected chi connectivity index (χ0v) is 18.5. The molecule has 4 rings (SSSR count). The van der Waals surface area contributed by atoms with E-state index in [0.717, 1.165) is 16.5 Å². The Morgan fingerprint density at radius 3 is 2.35 bits per heavy atom. The lowest BCUT2D eigenvalue weighted by molar-refractivity contribution is -0.136. The second-order valence-corrected chi connectivity index (χ2v) is 7.57. The molecule has 1 amide bonds. The van der Waals surface area contributed by atoms with Crippen molar-refractivity contribution in [3.05, 3.63) is 112 Å². The van der Waals surface area contributed by atoms with E-state index in [-0.39, 0.29) is 12.4 Å². The fraction of sp³-hybridized carbons (Fsp3) is 0.148. The number of carbonyl (C=O) groups is 2. The number of aryl methyl sites for hydroxylation is 1. The van der Waals surface area contributed by atoms with Gasteiger partial charge in [0.05, 0.1) is 0 Å². The quantitative estimate of drug-likeness (QED) is 0.240. The Morgan fingerprint density at radius 1 is 0.941 bits per heavy atom. The molecule has 0 bridgehead atoms. The van der Waals surface area contributed by atoms with E-state index in [1.807, 2.05) is 37.3 Å². The number of ether oxygens (including phenoxy) is 2. The SMILES string of the molecule is CCc1cc(=O)oc2cc(OC(=O)[C@H](NC(=O)OCc3ccccc3)c3ccccc3)ccc12. The predicted octanol–water partition coefficient (Wildman–Crippen LogP) is 4.93. The molecule has 1 atom stereocenters. The Bertz CT molecular complexity index is 1350. The first-order valence-electron chi connectivity index (χ1n) is 10.8. The van der Waals surface area contributed by atoms with Gasteiger partial charge in [-0.3, -0.25) is 0 Å². The molecule has 1 N–H and O–H groups in total. The van der Waals surface area contributed by atoms with Gasteiger partial charge in [-0.2, -0.15) is 0 Å². The smallest absolute Gasteiger partial charge is 0.408 e. The van der Waals surface area contributed by atoms with Crippen molar-refractivity contribution in [2.24, 2.45) is 0 Å². The van der Waals surface area contributed by atoms with Crippen molar-refractivity contribution in [1.29, 1.82) is 0 Å².